The Morgan fingerprint density at radius 2 is 1.69 bits per heavy atom. The maximum Gasteiger partial charge on any atom is 0.306 e. The monoisotopic (exact) mass is 226 g/mol. The van der Waals surface area contributed by atoms with Crippen molar-refractivity contribution in [2.24, 2.45) is 5.41 Å². The average molecular weight is 226 g/mol. The first kappa shape index (κ1) is 13.5. The van der Waals surface area contributed by atoms with Crippen molar-refractivity contribution in [2.45, 2.75) is 78.2 Å². The molecule has 0 heterocycles. The normalized spacial score (nSPS) is 19.2. The topological polar surface area (TPSA) is 26.3 Å². The Hall–Kier alpha value is -0.530. The number of rotatable bonds is 3. The first-order valence-electron chi connectivity index (χ1n) is 6.67. The first-order chi connectivity index (χ1) is 7.47. The second-order valence-electron chi connectivity index (χ2n) is 6.16. The van der Waals surface area contributed by atoms with Crippen molar-refractivity contribution >= 4 is 5.97 Å². The van der Waals surface area contributed by atoms with E-state index in [0.717, 1.165) is 19.3 Å². The van der Waals surface area contributed by atoms with Crippen LogP contribution in [0.25, 0.3) is 0 Å². The Kier molecular flexibility index (Phi) is 5.30. The van der Waals surface area contributed by atoms with Crippen LogP contribution in [0.2, 0.25) is 0 Å². The molecule has 2 heteroatoms. The van der Waals surface area contributed by atoms with Crippen LogP contribution in [0.15, 0.2) is 0 Å². The Balaban J connectivity index is 2.22. The third-order valence-electron chi connectivity index (χ3n) is 3.18. The SMILES string of the molecule is CC(C)(C)CCC(=O)OC1CCCCCC1. The number of hydrogen-bond acceptors (Lipinski definition) is 2. The fourth-order valence-corrected chi connectivity index (χ4v) is 2.08. The highest BCUT2D eigenvalue weighted by atomic mass is 16.5. The molecular weight excluding hydrogens is 200 g/mol. The second-order valence-corrected chi connectivity index (χ2v) is 6.16. The molecule has 1 fully saturated rings. The third kappa shape index (κ3) is 6.14. The summed E-state index contributed by atoms with van der Waals surface area (Å²) in [5.74, 6) is 0.00169. The van der Waals surface area contributed by atoms with E-state index in [1.165, 1.54) is 25.7 Å². The van der Waals surface area contributed by atoms with Crippen LogP contribution in [-0.4, -0.2) is 12.1 Å². The van der Waals surface area contributed by atoms with Gasteiger partial charge in [0.15, 0.2) is 0 Å². The summed E-state index contributed by atoms with van der Waals surface area (Å²) in [7, 11) is 0. The van der Waals surface area contributed by atoms with Gasteiger partial charge in [-0.1, -0.05) is 33.6 Å². The fraction of sp³-hybridized carbons (Fsp3) is 0.929. The third-order valence-corrected chi connectivity index (χ3v) is 3.18. The standard InChI is InChI=1S/C14H26O2/c1-14(2,3)11-10-13(15)16-12-8-6-4-5-7-9-12/h12H,4-11H2,1-3H3. The molecule has 0 spiro atoms. The summed E-state index contributed by atoms with van der Waals surface area (Å²) < 4.78 is 5.53. The molecule has 0 aliphatic heterocycles. The molecule has 1 aliphatic rings. The second kappa shape index (κ2) is 6.27. The summed E-state index contributed by atoms with van der Waals surface area (Å²) in [6, 6.07) is 0. The van der Waals surface area contributed by atoms with Gasteiger partial charge in [-0.25, -0.2) is 0 Å². The lowest BCUT2D eigenvalue weighted by molar-refractivity contribution is -0.150. The molecule has 0 N–H and O–H groups in total. The molecule has 1 aliphatic carbocycles. The number of carbonyl (C=O) groups is 1. The highest BCUT2D eigenvalue weighted by molar-refractivity contribution is 5.69. The van der Waals surface area contributed by atoms with Crippen molar-refractivity contribution in [1.82, 2.24) is 0 Å². The molecule has 0 aromatic heterocycles. The lowest BCUT2D eigenvalue weighted by Gasteiger charge is -2.19. The molecule has 0 saturated heterocycles. The van der Waals surface area contributed by atoms with Gasteiger partial charge < -0.3 is 4.74 Å². The van der Waals surface area contributed by atoms with E-state index in [0.29, 0.717) is 6.42 Å². The van der Waals surface area contributed by atoms with Gasteiger partial charge in [0.05, 0.1) is 0 Å². The van der Waals surface area contributed by atoms with Crippen LogP contribution in [0, 0.1) is 5.41 Å². The number of esters is 1. The summed E-state index contributed by atoms with van der Waals surface area (Å²) in [6.07, 6.45) is 8.87. The van der Waals surface area contributed by atoms with Crippen molar-refractivity contribution in [2.75, 3.05) is 0 Å². The molecule has 94 valence electrons. The molecular formula is C14H26O2. The van der Waals surface area contributed by atoms with E-state index in [1.807, 2.05) is 0 Å². The van der Waals surface area contributed by atoms with E-state index in [-0.39, 0.29) is 17.5 Å². The lowest BCUT2D eigenvalue weighted by atomic mass is 9.91. The van der Waals surface area contributed by atoms with Crippen LogP contribution >= 0.6 is 0 Å². The van der Waals surface area contributed by atoms with Crippen LogP contribution < -0.4 is 0 Å². The maximum absolute atomic E-state index is 11.6. The van der Waals surface area contributed by atoms with Gasteiger partial charge in [0.1, 0.15) is 6.10 Å². The number of ether oxygens (including phenoxy) is 1. The zero-order chi connectivity index (χ0) is 12.0. The Morgan fingerprint density at radius 3 is 2.19 bits per heavy atom. The summed E-state index contributed by atoms with van der Waals surface area (Å²) in [5, 5.41) is 0. The van der Waals surface area contributed by atoms with E-state index in [1.54, 1.807) is 0 Å². The molecule has 2 nitrogen and oxygen atoms in total. The smallest absolute Gasteiger partial charge is 0.306 e. The van der Waals surface area contributed by atoms with E-state index >= 15 is 0 Å². The molecule has 0 aromatic rings. The van der Waals surface area contributed by atoms with Crippen molar-refractivity contribution < 1.29 is 9.53 Å². The van der Waals surface area contributed by atoms with Crippen LogP contribution in [0.1, 0.15) is 72.1 Å². The van der Waals surface area contributed by atoms with Crippen molar-refractivity contribution in [1.29, 1.82) is 0 Å². The zero-order valence-electron chi connectivity index (χ0n) is 11.1. The minimum atomic E-state index is 0.00169. The summed E-state index contributed by atoms with van der Waals surface area (Å²) in [4.78, 5) is 11.6. The van der Waals surface area contributed by atoms with E-state index < -0.39 is 0 Å². The van der Waals surface area contributed by atoms with Gasteiger partial charge in [0.25, 0.3) is 0 Å². The van der Waals surface area contributed by atoms with Gasteiger partial charge >= 0.3 is 5.97 Å². The summed E-state index contributed by atoms with van der Waals surface area (Å²) in [6.45, 7) is 6.48. The average Bonchev–Trinajstić information content (AvgIpc) is 2.42. The predicted octanol–water partition coefficient (Wildman–Crippen LogP) is 4.08. The van der Waals surface area contributed by atoms with Gasteiger partial charge in [-0.2, -0.15) is 0 Å². The van der Waals surface area contributed by atoms with Gasteiger partial charge in [-0.15, -0.1) is 0 Å². The van der Waals surface area contributed by atoms with Crippen molar-refractivity contribution in [3.63, 3.8) is 0 Å². The Labute approximate surface area is 99.8 Å². The van der Waals surface area contributed by atoms with Crippen LogP contribution in [0.5, 0.6) is 0 Å². The molecule has 0 amide bonds. The Morgan fingerprint density at radius 1 is 1.12 bits per heavy atom. The molecule has 0 atom stereocenters. The van der Waals surface area contributed by atoms with Crippen molar-refractivity contribution in [3.05, 3.63) is 0 Å². The van der Waals surface area contributed by atoms with E-state index in [9.17, 15) is 4.79 Å². The largest absolute Gasteiger partial charge is 0.462 e. The fourth-order valence-electron chi connectivity index (χ4n) is 2.08. The predicted molar refractivity (Wildman–Crippen MR) is 66.3 cm³/mol. The lowest BCUT2D eigenvalue weighted by Crippen LogP contribution is -2.19. The minimum absolute atomic E-state index is 0.00169. The summed E-state index contributed by atoms with van der Waals surface area (Å²) >= 11 is 0. The summed E-state index contributed by atoms with van der Waals surface area (Å²) in [5.41, 5.74) is 0.225. The van der Waals surface area contributed by atoms with Gasteiger partial charge in [0.2, 0.25) is 0 Å². The highest BCUT2D eigenvalue weighted by Crippen LogP contribution is 2.23. The molecule has 1 saturated carbocycles. The van der Waals surface area contributed by atoms with Crippen LogP contribution in [0.3, 0.4) is 0 Å². The maximum atomic E-state index is 11.6. The number of hydrogen-bond donors (Lipinski definition) is 0. The van der Waals surface area contributed by atoms with Crippen molar-refractivity contribution in [3.8, 4) is 0 Å². The molecule has 1 rings (SSSR count). The molecule has 16 heavy (non-hydrogen) atoms. The molecule has 0 aromatic carbocycles. The minimum Gasteiger partial charge on any atom is -0.462 e. The van der Waals surface area contributed by atoms with Gasteiger partial charge in [-0.3, -0.25) is 4.79 Å². The van der Waals surface area contributed by atoms with E-state index in [4.69, 9.17) is 4.74 Å². The quantitative estimate of drug-likeness (QED) is 0.535. The highest BCUT2D eigenvalue weighted by Gasteiger charge is 2.18. The molecule has 0 radical (unpaired) electrons. The van der Waals surface area contributed by atoms with Gasteiger partial charge in [0, 0.05) is 6.42 Å². The van der Waals surface area contributed by atoms with Gasteiger partial charge in [-0.05, 0) is 37.5 Å². The molecule has 0 unspecified atom stereocenters. The van der Waals surface area contributed by atoms with E-state index in [2.05, 4.69) is 20.8 Å². The zero-order valence-corrected chi connectivity index (χ0v) is 11.1. The van der Waals surface area contributed by atoms with Crippen LogP contribution in [0.4, 0.5) is 0 Å². The number of carbonyl (C=O) groups excluding carboxylic acids is 1. The Bertz CT molecular complexity index is 207. The van der Waals surface area contributed by atoms with Crippen LogP contribution in [-0.2, 0) is 9.53 Å². The first-order valence-corrected chi connectivity index (χ1v) is 6.67. The molecule has 0 bridgehead atoms.